The van der Waals surface area contributed by atoms with Gasteiger partial charge in [-0.2, -0.15) is 0 Å². The van der Waals surface area contributed by atoms with Gasteiger partial charge < -0.3 is 10.6 Å². The Morgan fingerprint density at radius 1 is 1.07 bits per heavy atom. The molecule has 5 nitrogen and oxygen atoms in total. The Balaban J connectivity index is 1.66. The highest BCUT2D eigenvalue weighted by molar-refractivity contribution is 7.80. The van der Waals surface area contributed by atoms with Crippen molar-refractivity contribution < 1.29 is 9.59 Å². The monoisotopic (exact) mass is 431 g/mol. The van der Waals surface area contributed by atoms with E-state index >= 15 is 0 Å². The highest BCUT2D eigenvalue weighted by Gasteiger charge is 2.17. The molecule has 2 amide bonds. The molecule has 0 aliphatic heterocycles. The first-order valence-electron chi connectivity index (χ1n) is 8.67. The van der Waals surface area contributed by atoms with Gasteiger partial charge in [0, 0.05) is 27.9 Å². The largest absolute Gasteiger partial charge is 0.332 e. The molecule has 3 rings (SSSR count). The smallest absolute Gasteiger partial charge is 0.269 e. The van der Waals surface area contributed by atoms with E-state index in [1.807, 2.05) is 31.2 Å². The molecular weight excluding hydrogens is 414 g/mol. The van der Waals surface area contributed by atoms with Crippen molar-refractivity contribution in [2.75, 3.05) is 10.6 Å². The second-order valence-electron chi connectivity index (χ2n) is 6.03. The van der Waals surface area contributed by atoms with E-state index in [0.717, 1.165) is 16.5 Å². The highest BCUT2D eigenvalue weighted by atomic mass is 35.5. The Morgan fingerprint density at radius 3 is 2.50 bits per heavy atom. The predicted octanol–water partition coefficient (Wildman–Crippen LogP) is 5.42. The molecule has 2 aromatic carbocycles. The predicted molar refractivity (Wildman–Crippen MR) is 121 cm³/mol. The number of amides is 2. The number of hydrogen-bond donors (Lipinski definition) is 3. The zero-order chi connectivity index (χ0) is 20.1. The minimum atomic E-state index is -0.365. The van der Waals surface area contributed by atoms with Crippen LogP contribution in [0.5, 0.6) is 0 Å². The minimum Gasteiger partial charge on any atom is -0.332 e. The summed E-state index contributed by atoms with van der Waals surface area (Å²) in [6.07, 6.45) is 1.24. The molecule has 0 saturated carbocycles. The second-order valence-corrected chi connectivity index (χ2v) is 7.87. The number of thiophene rings is 1. The molecule has 0 unspecified atom stereocenters. The molecule has 0 saturated heterocycles. The van der Waals surface area contributed by atoms with Gasteiger partial charge in [-0.05, 0) is 42.9 Å². The summed E-state index contributed by atoms with van der Waals surface area (Å²) in [7, 11) is 0. The van der Waals surface area contributed by atoms with Gasteiger partial charge in [0.1, 0.15) is 4.88 Å². The van der Waals surface area contributed by atoms with Crippen LogP contribution in [-0.2, 0) is 4.79 Å². The summed E-state index contributed by atoms with van der Waals surface area (Å²) in [6.45, 7) is 1.95. The van der Waals surface area contributed by atoms with Crippen LogP contribution < -0.4 is 16.0 Å². The van der Waals surface area contributed by atoms with Gasteiger partial charge in [0.15, 0.2) is 5.11 Å². The number of thiocarbonyl (C=S) groups is 1. The molecular formula is C20H18ClN3O2S2. The molecule has 0 bridgehead atoms. The average Bonchev–Trinajstić information content (AvgIpc) is 2.99. The first kappa shape index (κ1) is 20.3. The maximum absolute atomic E-state index is 12.6. The van der Waals surface area contributed by atoms with Gasteiger partial charge in [0.25, 0.3) is 5.91 Å². The quantitative estimate of drug-likeness (QED) is 0.472. The van der Waals surface area contributed by atoms with Crippen molar-refractivity contribution in [3.05, 3.63) is 58.4 Å². The lowest BCUT2D eigenvalue weighted by molar-refractivity contribution is -0.116. The van der Waals surface area contributed by atoms with Gasteiger partial charge >= 0.3 is 0 Å². The Kier molecular flexibility index (Phi) is 6.61. The lowest BCUT2D eigenvalue weighted by Crippen LogP contribution is -2.33. The molecule has 0 atom stereocenters. The molecule has 0 radical (unpaired) electrons. The van der Waals surface area contributed by atoms with Gasteiger partial charge in [-0.1, -0.05) is 42.8 Å². The van der Waals surface area contributed by atoms with Gasteiger partial charge in [-0.3, -0.25) is 14.9 Å². The zero-order valence-corrected chi connectivity index (χ0v) is 17.4. The Morgan fingerprint density at radius 2 is 1.79 bits per heavy atom. The van der Waals surface area contributed by atoms with E-state index in [1.165, 1.54) is 11.3 Å². The molecule has 0 fully saturated rings. The first-order valence-corrected chi connectivity index (χ1v) is 10.3. The van der Waals surface area contributed by atoms with E-state index in [9.17, 15) is 9.59 Å². The van der Waals surface area contributed by atoms with Crippen molar-refractivity contribution >= 4 is 73.5 Å². The number of nitrogens with one attached hydrogen (secondary N) is 3. The van der Waals surface area contributed by atoms with Crippen molar-refractivity contribution in [1.82, 2.24) is 5.32 Å². The van der Waals surface area contributed by atoms with Crippen LogP contribution in [0, 0.1) is 0 Å². The van der Waals surface area contributed by atoms with Gasteiger partial charge in [0.2, 0.25) is 5.91 Å². The van der Waals surface area contributed by atoms with Crippen molar-refractivity contribution in [3.8, 4) is 0 Å². The molecule has 1 aromatic heterocycles. The SMILES string of the molecule is CCCC(=O)Nc1cccc(NC(=S)NC(=O)c2sc3ccccc3c2Cl)c1. The van der Waals surface area contributed by atoms with Crippen LogP contribution in [0.15, 0.2) is 48.5 Å². The van der Waals surface area contributed by atoms with Crippen molar-refractivity contribution in [3.63, 3.8) is 0 Å². The van der Waals surface area contributed by atoms with Gasteiger partial charge in [-0.15, -0.1) is 11.3 Å². The lowest BCUT2D eigenvalue weighted by atomic mass is 10.2. The maximum atomic E-state index is 12.6. The maximum Gasteiger partial charge on any atom is 0.269 e. The normalized spacial score (nSPS) is 10.5. The molecule has 0 aliphatic rings. The molecule has 1 heterocycles. The third-order valence-corrected chi connectivity index (χ3v) is 5.73. The Labute approximate surface area is 177 Å². The van der Waals surface area contributed by atoms with E-state index in [-0.39, 0.29) is 16.9 Å². The molecule has 0 spiro atoms. The van der Waals surface area contributed by atoms with Crippen LogP contribution in [0.3, 0.4) is 0 Å². The summed E-state index contributed by atoms with van der Waals surface area (Å²) in [6, 6.07) is 14.7. The molecule has 144 valence electrons. The number of rotatable bonds is 5. The summed E-state index contributed by atoms with van der Waals surface area (Å²) >= 11 is 12.9. The zero-order valence-electron chi connectivity index (χ0n) is 15.0. The fourth-order valence-corrected chi connectivity index (χ4v) is 4.23. The summed E-state index contributed by atoms with van der Waals surface area (Å²) in [4.78, 5) is 24.7. The van der Waals surface area contributed by atoms with E-state index in [1.54, 1.807) is 24.3 Å². The molecule has 8 heteroatoms. The van der Waals surface area contributed by atoms with Crippen molar-refractivity contribution in [1.29, 1.82) is 0 Å². The van der Waals surface area contributed by atoms with E-state index < -0.39 is 0 Å². The fraction of sp³-hybridized carbons (Fsp3) is 0.150. The van der Waals surface area contributed by atoms with Crippen LogP contribution in [-0.4, -0.2) is 16.9 Å². The summed E-state index contributed by atoms with van der Waals surface area (Å²) in [5.41, 5.74) is 1.31. The molecule has 28 heavy (non-hydrogen) atoms. The minimum absolute atomic E-state index is 0.0464. The van der Waals surface area contributed by atoms with Gasteiger partial charge in [0.05, 0.1) is 5.02 Å². The van der Waals surface area contributed by atoms with E-state index in [4.69, 9.17) is 23.8 Å². The molecule has 3 aromatic rings. The third-order valence-electron chi connectivity index (χ3n) is 3.85. The fourth-order valence-electron chi connectivity index (χ4n) is 2.61. The van der Waals surface area contributed by atoms with Crippen LogP contribution in [0.1, 0.15) is 29.4 Å². The van der Waals surface area contributed by atoms with Crippen LogP contribution in [0.25, 0.3) is 10.1 Å². The van der Waals surface area contributed by atoms with Gasteiger partial charge in [-0.25, -0.2) is 0 Å². The topological polar surface area (TPSA) is 70.2 Å². The molecule has 0 aliphatic carbocycles. The standard InChI is InChI=1S/C20H18ClN3O2S2/c1-2-6-16(25)22-12-7-5-8-13(11-12)23-20(27)24-19(26)18-17(21)14-9-3-4-10-15(14)28-18/h3-5,7-11H,2,6H2,1H3,(H,22,25)(H2,23,24,26,27). The van der Waals surface area contributed by atoms with E-state index in [0.29, 0.717) is 27.7 Å². The van der Waals surface area contributed by atoms with Crippen LogP contribution in [0.4, 0.5) is 11.4 Å². The summed E-state index contributed by atoms with van der Waals surface area (Å²) in [5.74, 6) is -0.411. The third kappa shape index (κ3) is 4.86. The van der Waals surface area contributed by atoms with Crippen LogP contribution in [0.2, 0.25) is 5.02 Å². The number of fused-ring (bicyclic) bond motifs is 1. The highest BCUT2D eigenvalue weighted by Crippen LogP contribution is 2.34. The number of halogens is 1. The van der Waals surface area contributed by atoms with Crippen molar-refractivity contribution in [2.24, 2.45) is 0 Å². The average molecular weight is 432 g/mol. The Hall–Kier alpha value is -2.48. The summed E-state index contributed by atoms with van der Waals surface area (Å²) < 4.78 is 0.937. The van der Waals surface area contributed by atoms with Crippen molar-refractivity contribution in [2.45, 2.75) is 19.8 Å². The number of carbonyl (C=O) groups excluding carboxylic acids is 2. The number of hydrogen-bond acceptors (Lipinski definition) is 4. The second kappa shape index (κ2) is 9.14. The first-order chi connectivity index (χ1) is 13.5. The summed E-state index contributed by atoms with van der Waals surface area (Å²) in [5, 5.41) is 9.83. The number of anilines is 2. The number of benzene rings is 2. The number of carbonyl (C=O) groups is 2. The van der Waals surface area contributed by atoms with Crippen LogP contribution >= 0.6 is 35.2 Å². The van der Waals surface area contributed by atoms with E-state index in [2.05, 4.69) is 16.0 Å². The lowest BCUT2D eigenvalue weighted by Gasteiger charge is -2.11. The molecule has 3 N–H and O–H groups in total. The Bertz CT molecular complexity index is 1050.